The quantitative estimate of drug-likeness (QED) is 0.452. The van der Waals surface area contributed by atoms with E-state index >= 15 is 0 Å². The van der Waals surface area contributed by atoms with Crippen LogP contribution in [0.1, 0.15) is 129 Å². The molecule has 0 aromatic carbocycles. The fraction of sp³-hybridized carbons (Fsp3) is 1.00. The van der Waals surface area contributed by atoms with Crippen LogP contribution in [0.15, 0.2) is 0 Å². The van der Waals surface area contributed by atoms with Gasteiger partial charge in [0, 0.05) is 0 Å². The number of hydrogen-bond donors (Lipinski definition) is 0. The molecule has 0 nitrogen and oxygen atoms in total. The fourth-order valence-corrected chi connectivity index (χ4v) is 1.60. The summed E-state index contributed by atoms with van der Waals surface area (Å²) >= 11 is 0. The van der Waals surface area contributed by atoms with Crippen molar-refractivity contribution in [2.45, 2.75) is 129 Å². The Labute approximate surface area is 135 Å². The maximum atomic E-state index is 2.32. The van der Waals surface area contributed by atoms with Gasteiger partial charge in [-0.05, 0) is 5.92 Å². The van der Waals surface area contributed by atoms with E-state index in [9.17, 15) is 0 Å². The van der Waals surface area contributed by atoms with Gasteiger partial charge in [0.25, 0.3) is 0 Å². The molecule has 1 rings (SSSR count). The molecule has 1 aliphatic carbocycles. The molecule has 0 amide bonds. The Kier molecular flexibility index (Phi) is 140. The minimum absolute atomic E-state index is 1.09. The third kappa shape index (κ3) is 52.0. The molecule has 1 fully saturated rings. The van der Waals surface area contributed by atoms with Gasteiger partial charge in [-0.15, -0.1) is 0 Å². The molecule has 0 bridgehead atoms. The molecule has 1 saturated carbocycles. The minimum Gasteiger partial charge on any atom is -0.0683 e. The van der Waals surface area contributed by atoms with Crippen molar-refractivity contribution >= 4 is 0 Å². The monoisotopic (exact) mass is 292 g/mol. The minimum atomic E-state index is 1.09. The molecule has 0 radical (unpaired) electrons. The van der Waals surface area contributed by atoms with Crippen LogP contribution in [0.3, 0.4) is 0 Å². The largest absolute Gasteiger partial charge is 0.0683 e. The molecule has 0 aliphatic heterocycles. The molecule has 20 heavy (non-hydrogen) atoms. The highest BCUT2D eigenvalue weighted by Crippen LogP contribution is 2.25. The van der Waals surface area contributed by atoms with Crippen LogP contribution in [0.4, 0.5) is 0 Å². The lowest BCUT2D eigenvalue weighted by Gasteiger charge is -2.18. The van der Waals surface area contributed by atoms with Gasteiger partial charge in [0.15, 0.2) is 0 Å². The fourth-order valence-electron chi connectivity index (χ4n) is 1.60. The van der Waals surface area contributed by atoms with Crippen LogP contribution in [0.5, 0.6) is 0 Å². The molecule has 1 aliphatic rings. The highest BCUT2D eigenvalue weighted by atomic mass is 14.2. The van der Waals surface area contributed by atoms with Crippen LogP contribution in [0.25, 0.3) is 0 Å². The molecule has 0 N–H and O–H groups in total. The normalized spacial score (nSPS) is 11.2. The zero-order valence-electron chi connectivity index (χ0n) is 17.8. The summed E-state index contributed by atoms with van der Waals surface area (Å²) in [7, 11) is 0. The van der Waals surface area contributed by atoms with Gasteiger partial charge in [0.05, 0.1) is 0 Å². The van der Waals surface area contributed by atoms with Crippen molar-refractivity contribution in [1.82, 2.24) is 0 Å². The Morgan fingerprint density at radius 3 is 0.900 bits per heavy atom. The van der Waals surface area contributed by atoms with Gasteiger partial charge in [0.2, 0.25) is 0 Å². The molecule has 0 aromatic rings. The van der Waals surface area contributed by atoms with Crippen molar-refractivity contribution in [2.24, 2.45) is 5.92 Å². The Balaban J connectivity index is -0.0000000350. The second-order valence-corrected chi connectivity index (χ2v) is 2.91. The molecule has 0 unspecified atom stereocenters. The SMILES string of the molecule is CC.CC.CC.CC.CC.CC.CCC1CCCCC1. The zero-order valence-corrected chi connectivity index (χ0v) is 17.8. The molecule has 132 valence electrons. The maximum Gasteiger partial charge on any atom is -0.0417 e. The Morgan fingerprint density at radius 2 is 0.750 bits per heavy atom. The molecule has 0 heteroatoms. The summed E-state index contributed by atoms with van der Waals surface area (Å²) in [6, 6.07) is 0. The van der Waals surface area contributed by atoms with Gasteiger partial charge >= 0.3 is 0 Å². The van der Waals surface area contributed by atoms with Crippen LogP contribution in [0.2, 0.25) is 0 Å². The van der Waals surface area contributed by atoms with Crippen molar-refractivity contribution in [2.75, 3.05) is 0 Å². The van der Waals surface area contributed by atoms with E-state index in [2.05, 4.69) is 6.92 Å². The Hall–Kier alpha value is 0. The van der Waals surface area contributed by atoms with E-state index in [4.69, 9.17) is 0 Å². The van der Waals surface area contributed by atoms with Crippen LogP contribution in [-0.2, 0) is 0 Å². The van der Waals surface area contributed by atoms with Gasteiger partial charge in [-0.2, -0.15) is 0 Å². The highest BCUT2D eigenvalue weighted by Gasteiger charge is 2.09. The first-order chi connectivity index (χ1) is 9.93. The maximum absolute atomic E-state index is 2.32. The van der Waals surface area contributed by atoms with Crippen LogP contribution in [0, 0.1) is 5.92 Å². The third-order valence-corrected chi connectivity index (χ3v) is 2.30. The summed E-state index contributed by atoms with van der Waals surface area (Å²) < 4.78 is 0. The predicted octanol–water partition coefficient (Wildman–Crippen LogP) is 9.13. The van der Waals surface area contributed by atoms with Crippen molar-refractivity contribution in [1.29, 1.82) is 0 Å². The molecule has 0 atom stereocenters. The summed E-state index contributed by atoms with van der Waals surface area (Å²) in [6.45, 7) is 26.3. The number of hydrogen-bond acceptors (Lipinski definition) is 0. The van der Waals surface area contributed by atoms with Crippen LogP contribution >= 0.6 is 0 Å². The van der Waals surface area contributed by atoms with Gasteiger partial charge in [0.1, 0.15) is 0 Å². The highest BCUT2D eigenvalue weighted by molar-refractivity contribution is 4.63. The van der Waals surface area contributed by atoms with E-state index in [0.717, 1.165) is 5.92 Å². The first-order valence-electron chi connectivity index (χ1n) is 9.93. The van der Waals surface area contributed by atoms with E-state index in [1.807, 2.05) is 83.1 Å². The lowest BCUT2D eigenvalue weighted by molar-refractivity contribution is 0.349. The first-order valence-corrected chi connectivity index (χ1v) is 9.93. The molecular formula is C20H52. The average Bonchev–Trinajstić information content (AvgIpc) is 2.66. The second kappa shape index (κ2) is 76.0. The standard InChI is InChI=1S/C8H16.6C2H6/c1-2-8-6-4-3-5-7-8;6*1-2/h8H,2-7H2,1H3;6*1-2H3. The first kappa shape index (κ1) is 36.8. The van der Waals surface area contributed by atoms with Gasteiger partial charge in [-0.1, -0.05) is 129 Å². The lowest BCUT2D eigenvalue weighted by Crippen LogP contribution is -2.03. The third-order valence-electron chi connectivity index (χ3n) is 2.30. The van der Waals surface area contributed by atoms with Crippen LogP contribution in [-0.4, -0.2) is 0 Å². The van der Waals surface area contributed by atoms with E-state index < -0.39 is 0 Å². The molecular weight excluding hydrogens is 240 g/mol. The Bertz CT molecular complexity index is 51.1. The van der Waals surface area contributed by atoms with Gasteiger partial charge in [-0.3, -0.25) is 0 Å². The number of rotatable bonds is 1. The van der Waals surface area contributed by atoms with E-state index in [1.54, 1.807) is 0 Å². The molecule has 0 aromatic heterocycles. The van der Waals surface area contributed by atoms with Crippen molar-refractivity contribution in [3.63, 3.8) is 0 Å². The van der Waals surface area contributed by atoms with E-state index in [1.165, 1.54) is 38.5 Å². The summed E-state index contributed by atoms with van der Waals surface area (Å²) in [5.74, 6) is 1.09. The Morgan fingerprint density at radius 1 is 0.500 bits per heavy atom. The van der Waals surface area contributed by atoms with Crippen molar-refractivity contribution < 1.29 is 0 Å². The molecule has 0 spiro atoms. The van der Waals surface area contributed by atoms with E-state index in [0.29, 0.717) is 0 Å². The van der Waals surface area contributed by atoms with Crippen molar-refractivity contribution in [3.8, 4) is 0 Å². The van der Waals surface area contributed by atoms with E-state index in [-0.39, 0.29) is 0 Å². The summed E-state index contributed by atoms with van der Waals surface area (Å²) in [5.41, 5.74) is 0. The van der Waals surface area contributed by atoms with Crippen molar-refractivity contribution in [3.05, 3.63) is 0 Å². The molecule has 0 saturated heterocycles. The zero-order chi connectivity index (χ0) is 17.8. The van der Waals surface area contributed by atoms with Gasteiger partial charge < -0.3 is 0 Å². The lowest BCUT2D eigenvalue weighted by atomic mass is 9.88. The average molecular weight is 293 g/mol. The molecule has 0 heterocycles. The summed E-state index contributed by atoms with van der Waals surface area (Å²) in [4.78, 5) is 0. The predicted molar refractivity (Wildman–Crippen MR) is 105 cm³/mol. The summed E-state index contributed by atoms with van der Waals surface area (Å²) in [5, 5.41) is 0. The van der Waals surface area contributed by atoms with Gasteiger partial charge in [-0.25, -0.2) is 0 Å². The smallest absolute Gasteiger partial charge is 0.0417 e. The van der Waals surface area contributed by atoms with Crippen LogP contribution < -0.4 is 0 Å². The second-order valence-electron chi connectivity index (χ2n) is 2.91. The summed E-state index contributed by atoms with van der Waals surface area (Å²) in [6.07, 6.45) is 8.93. The topological polar surface area (TPSA) is 0 Å².